The molecule has 0 saturated carbocycles. The van der Waals surface area contributed by atoms with Crippen LogP contribution in [-0.4, -0.2) is 34.9 Å². The second-order valence-electron chi connectivity index (χ2n) is 14.7. The van der Waals surface area contributed by atoms with Crippen molar-refractivity contribution in [1.82, 2.24) is 5.32 Å². The topological polar surface area (TPSA) is 69.6 Å². The molecule has 0 aromatic rings. The lowest BCUT2D eigenvalue weighted by atomic mass is 10.0. The van der Waals surface area contributed by atoms with Gasteiger partial charge in [-0.2, -0.15) is 0 Å². The van der Waals surface area contributed by atoms with Crippen LogP contribution in [-0.2, 0) is 4.79 Å². The first-order valence-electron chi connectivity index (χ1n) is 22.7. The molecule has 0 radical (unpaired) electrons. The fourth-order valence-electron chi connectivity index (χ4n) is 5.98. The number of amides is 1. The van der Waals surface area contributed by atoms with Gasteiger partial charge in [0.1, 0.15) is 0 Å². The van der Waals surface area contributed by atoms with E-state index in [1.165, 1.54) is 70.6 Å². The van der Waals surface area contributed by atoms with Crippen molar-refractivity contribution in [3.8, 4) is 0 Å². The van der Waals surface area contributed by atoms with Crippen molar-refractivity contribution in [2.24, 2.45) is 0 Å². The minimum Gasteiger partial charge on any atom is -0.394 e. The summed E-state index contributed by atoms with van der Waals surface area (Å²) in [6, 6.07) is -0.644. The average molecular weight is 772 g/mol. The summed E-state index contributed by atoms with van der Waals surface area (Å²) in [5, 5.41) is 22.7. The largest absolute Gasteiger partial charge is 0.394 e. The van der Waals surface area contributed by atoms with Gasteiger partial charge in [0.15, 0.2) is 0 Å². The van der Waals surface area contributed by atoms with Gasteiger partial charge in [0.25, 0.3) is 0 Å². The molecule has 0 aromatic carbocycles. The zero-order chi connectivity index (χ0) is 40.7. The minimum atomic E-state index is -0.866. The van der Waals surface area contributed by atoms with Crippen molar-refractivity contribution in [3.63, 3.8) is 0 Å². The van der Waals surface area contributed by atoms with Gasteiger partial charge >= 0.3 is 0 Å². The lowest BCUT2D eigenvalue weighted by molar-refractivity contribution is -0.123. The molecule has 0 saturated heterocycles. The molecule has 0 heterocycles. The van der Waals surface area contributed by atoms with Crippen LogP contribution in [0.2, 0.25) is 0 Å². The van der Waals surface area contributed by atoms with Gasteiger partial charge in [-0.1, -0.05) is 206 Å². The zero-order valence-corrected chi connectivity index (χ0v) is 36.1. The smallest absolute Gasteiger partial charge is 0.220 e. The predicted molar refractivity (Wildman–Crippen MR) is 248 cm³/mol. The Hall–Kier alpha value is -3.21. The number of hydrogen-bond donors (Lipinski definition) is 3. The fraction of sp³-hybridized carbons (Fsp3) is 0.596. The SMILES string of the molecule is CC/C=C\C/C=C\C/C=C\C/C=C\C/C=C\C/C=C\C/C=C\C/C=C\CCCCCCCCCCCCCCC(=O)NC(CO)C(O)/C=C/CC/C=C/CCC. The Morgan fingerprint density at radius 1 is 0.446 bits per heavy atom. The molecule has 316 valence electrons. The molecule has 0 aliphatic rings. The van der Waals surface area contributed by atoms with Gasteiger partial charge in [-0.15, -0.1) is 0 Å². The summed E-state index contributed by atoms with van der Waals surface area (Å²) in [4.78, 5) is 12.3. The third-order valence-electron chi connectivity index (χ3n) is 9.41. The zero-order valence-electron chi connectivity index (χ0n) is 36.1. The number of unbranched alkanes of at least 4 members (excludes halogenated alkanes) is 14. The predicted octanol–water partition coefficient (Wildman–Crippen LogP) is 14.6. The monoisotopic (exact) mass is 772 g/mol. The van der Waals surface area contributed by atoms with Gasteiger partial charge < -0.3 is 15.5 Å². The normalized spacial score (nSPS) is 14.1. The average Bonchev–Trinajstić information content (AvgIpc) is 3.20. The van der Waals surface area contributed by atoms with Crippen LogP contribution in [0.4, 0.5) is 0 Å². The molecule has 4 nitrogen and oxygen atoms in total. The van der Waals surface area contributed by atoms with E-state index in [1.54, 1.807) is 6.08 Å². The van der Waals surface area contributed by atoms with E-state index >= 15 is 0 Å². The van der Waals surface area contributed by atoms with Crippen molar-refractivity contribution in [2.45, 2.75) is 193 Å². The lowest BCUT2D eigenvalue weighted by Gasteiger charge is -2.19. The van der Waals surface area contributed by atoms with E-state index in [4.69, 9.17) is 0 Å². The molecule has 3 N–H and O–H groups in total. The standard InChI is InChI=1S/C52H85NO3/c1-3-5-7-9-11-12-13-14-15-16-17-18-19-20-21-22-23-24-25-26-27-28-29-30-31-32-33-34-35-36-37-38-39-40-42-44-46-48-52(56)53-50(49-54)51(55)47-45-43-41-10-8-6-4-2/h5,7-8,10-12,14-15,17-18,20-21,23-24,26-27,29-30,45,47,50-51,54-55H,3-4,6,9,13,16,19,22,25,28,31-44,46,48-49H2,1-2H3,(H,53,56)/b7-5-,10-8+,12-11-,15-14-,18-17-,21-20-,24-23-,27-26-,30-29-,47-45+. The third-order valence-corrected chi connectivity index (χ3v) is 9.41. The van der Waals surface area contributed by atoms with Crippen molar-refractivity contribution in [2.75, 3.05) is 6.61 Å². The Morgan fingerprint density at radius 2 is 0.804 bits per heavy atom. The molecule has 0 aliphatic heterocycles. The summed E-state index contributed by atoms with van der Waals surface area (Å²) in [7, 11) is 0. The molecule has 0 aromatic heterocycles. The highest BCUT2D eigenvalue weighted by molar-refractivity contribution is 5.76. The fourth-order valence-corrected chi connectivity index (χ4v) is 5.98. The summed E-state index contributed by atoms with van der Waals surface area (Å²) in [5.41, 5.74) is 0. The number of allylic oxidation sites excluding steroid dienone is 19. The third kappa shape index (κ3) is 41.9. The summed E-state index contributed by atoms with van der Waals surface area (Å²) in [6.45, 7) is 4.06. The summed E-state index contributed by atoms with van der Waals surface area (Å²) < 4.78 is 0. The number of aliphatic hydroxyl groups is 2. The highest BCUT2D eigenvalue weighted by atomic mass is 16.3. The number of rotatable bonds is 39. The van der Waals surface area contributed by atoms with Crippen molar-refractivity contribution < 1.29 is 15.0 Å². The van der Waals surface area contributed by atoms with Gasteiger partial charge in [0.2, 0.25) is 5.91 Å². The molecule has 0 spiro atoms. The number of carbonyl (C=O) groups is 1. The highest BCUT2D eigenvalue weighted by Gasteiger charge is 2.17. The van der Waals surface area contributed by atoms with Gasteiger partial charge in [-0.3, -0.25) is 4.79 Å². The second-order valence-corrected chi connectivity index (χ2v) is 14.7. The molecule has 2 atom stereocenters. The van der Waals surface area contributed by atoms with Gasteiger partial charge in [0.05, 0.1) is 18.8 Å². The van der Waals surface area contributed by atoms with Gasteiger partial charge in [0, 0.05) is 6.42 Å². The molecule has 0 fully saturated rings. The molecule has 0 aliphatic carbocycles. The van der Waals surface area contributed by atoms with Crippen LogP contribution in [0.15, 0.2) is 122 Å². The van der Waals surface area contributed by atoms with E-state index in [1.807, 2.05) is 6.08 Å². The van der Waals surface area contributed by atoms with Crippen molar-refractivity contribution in [1.29, 1.82) is 0 Å². The maximum absolute atomic E-state index is 12.3. The molecule has 0 rings (SSSR count). The molecule has 4 heteroatoms. The first-order valence-corrected chi connectivity index (χ1v) is 22.7. The quantitative estimate of drug-likeness (QED) is 0.0430. The van der Waals surface area contributed by atoms with Crippen LogP contribution in [0.5, 0.6) is 0 Å². The molecule has 0 bridgehead atoms. The first kappa shape index (κ1) is 52.8. The van der Waals surface area contributed by atoms with Crippen molar-refractivity contribution in [3.05, 3.63) is 122 Å². The second kappa shape index (κ2) is 46.2. The molecule has 2 unspecified atom stereocenters. The van der Waals surface area contributed by atoms with E-state index in [-0.39, 0.29) is 12.5 Å². The molecule has 56 heavy (non-hydrogen) atoms. The summed E-state index contributed by atoms with van der Waals surface area (Å²) in [6.07, 6.45) is 72.0. The van der Waals surface area contributed by atoms with Crippen LogP contribution in [0.3, 0.4) is 0 Å². The van der Waals surface area contributed by atoms with E-state index in [9.17, 15) is 15.0 Å². The molecular weight excluding hydrogens is 687 g/mol. The van der Waals surface area contributed by atoms with Crippen LogP contribution >= 0.6 is 0 Å². The highest BCUT2D eigenvalue weighted by Crippen LogP contribution is 2.13. The van der Waals surface area contributed by atoms with E-state index in [0.717, 1.165) is 89.9 Å². The maximum Gasteiger partial charge on any atom is 0.220 e. The maximum atomic E-state index is 12.3. The minimum absolute atomic E-state index is 0.0874. The summed E-state index contributed by atoms with van der Waals surface area (Å²) >= 11 is 0. The summed E-state index contributed by atoms with van der Waals surface area (Å²) in [5.74, 6) is -0.0874. The number of aliphatic hydroxyl groups excluding tert-OH is 2. The Morgan fingerprint density at radius 3 is 1.23 bits per heavy atom. The Bertz CT molecular complexity index is 1150. The van der Waals surface area contributed by atoms with E-state index in [2.05, 4.69) is 129 Å². The molecule has 1 amide bonds. The lowest BCUT2D eigenvalue weighted by Crippen LogP contribution is -2.45. The van der Waals surface area contributed by atoms with Crippen LogP contribution < -0.4 is 5.32 Å². The van der Waals surface area contributed by atoms with E-state index in [0.29, 0.717) is 6.42 Å². The molecular formula is C52H85NO3. The van der Waals surface area contributed by atoms with Gasteiger partial charge in [-0.05, 0) is 89.9 Å². The van der Waals surface area contributed by atoms with E-state index < -0.39 is 12.1 Å². The number of carbonyl (C=O) groups excluding carboxylic acids is 1. The van der Waals surface area contributed by atoms with Crippen LogP contribution in [0, 0.1) is 0 Å². The first-order chi connectivity index (χ1) is 27.7. The number of hydrogen-bond acceptors (Lipinski definition) is 3. The number of nitrogens with one attached hydrogen (secondary N) is 1. The Labute approximate surface area is 346 Å². The van der Waals surface area contributed by atoms with Gasteiger partial charge in [-0.25, -0.2) is 0 Å². The van der Waals surface area contributed by atoms with Crippen LogP contribution in [0.25, 0.3) is 0 Å². The van der Waals surface area contributed by atoms with Crippen LogP contribution in [0.1, 0.15) is 181 Å². The Balaban J connectivity index is 3.56. The Kier molecular flexibility index (Phi) is 43.5. The van der Waals surface area contributed by atoms with Crippen molar-refractivity contribution >= 4 is 5.91 Å².